The van der Waals surface area contributed by atoms with Crippen LogP contribution in [0.3, 0.4) is 0 Å². The Kier molecular flexibility index (Phi) is 3.43. The molecule has 0 amide bonds. The van der Waals surface area contributed by atoms with Crippen LogP contribution in [0.2, 0.25) is 0 Å². The van der Waals surface area contributed by atoms with Crippen LogP contribution < -0.4 is 5.73 Å². The third-order valence-electron chi connectivity index (χ3n) is 5.20. The summed E-state index contributed by atoms with van der Waals surface area (Å²) in [6, 6.07) is -0.383. The van der Waals surface area contributed by atoms with Crippen LogP contribution in [0.1, 0.15) is 38.5 Å². The molecule has 4 aliphatic carbocycles. The van der Waals surface area contributed by atoms with Gasteiger partial charge in [-0.15, -0.1) is 12.4 Å². The summed E-state index contributed by atoms with van der Waals surface area (Å²) in [5.74, 6) is 2.30. The molecule has 4 saturated carbocycles. The van der Waals surface area contributed by atoms with Crippen molar-refractivity contribution in [2.45, 2.75) is 44.6 Å². The van der Waals surface area contributed by atoms with Crippen molar-refractivity contribution in [2.24, 2.45) is 28.9 Å². The van der Waals surface area contributed by atoms with Crippen molar-refractivity contribution in [3.05, 3.63) is 0 Å². The van der Waals surface area contributed by atoms with Crippen molar-refractivity contribution in [3.63, 3.8) is 0 Å². The fourth-order valence-corrected chi connectivity index (χ4v) is 4.94. The van der Waals surface area contributed by atoms with Gasteiger partial charge in [-0.2, -0.15) is 0 Å². The number of ether oxygens (including phenoxy) is 1. The minimum absolute atomic E-state index is 0. The summed E-state index contributed by atoms with van der Waals surface area (Å²) in [7, 11) is 1.45. The molecule has 4 fully saturated rings. The van der Waals surface area contributed by atoms with Gasteiger partial charge in [0.2, 0.25) is 0 Å². The molecule has 1 unspecified atom stereocenters. The van der Waals surface area contributed by atoms with Crippen LogP contribution in [0.15, 0.2) is 0 Å². The van der Waals surface area contributed by atoms with Gasteiger partial charge in [0.05, 0.1) is 7.11 Å². The molecule has 98 valence electrons. The number of methoxy groups -OCH3 is 1. The Morgan fingerprint density at radius 2 is 1.59 bits per heavy atom. The predicted molar refractivity (Wildman–Crippen MR) is 67.8 cm³/mol. The smallest absolute Gasteiger partial charge is 0.323 e. The summed E-state index contributed by atoms with van der Waals surface area (Å²) < 4.78 is 4.84. The molecular weight excluding hydrogens is 238 g/mol. The maximum Gasteiger partial charge on any atom is 0.323 e. The standard InChI is InChI=1S/C13H21NO2.ClH/c1-16-12(15)11(14)13-5-8-2-9(6-13)4-10(3-8)7-13;/h8-11H,2-7,14H2,1H3;1H. The van der Waals surface area contributed by atoms with Gasteiger partial charge in [0, 0.05) is 0 Å². The number of halogens is 1. The van der Waals surface area contributed by atoms with E-state index in [2.05, 4.69) is 0 Å². The molecular formula is C13H22ClNO2. The van der Waals surface area contributed by atoms with Gasteiger partial charge >= 0.3 is 5.97 Å². The zero-order valence-corrected chi connectivity index (χ0v) is 11.2. The Balaban J connectivity index is 0.00000108. The molecule has 0 saturated heterocycles. The lowest BCUT2D eigenvalue weighted by molar-refractivity contribution is -0.152. The minimum Gasteiger partial charge on any atom is -0.468 e. The second-order valence-corrected chi connectivity index (χ2v) is 6.28. The SMILES string of the molecule is COC(=O)C(N)C12CC3CC(CC(C3)C1)C2.Cl. The molecule has 0 aromatic carbocycles. The topological polar surface area (TPSA) is 52.3 Å². The van der Waals surface area contributed by atoms with E-state index in [1.165, 1.54) is 26.4 Å². The van der Waals surface area contributed by atoms with E-state index in [-0.39, 0.29) is 29.8 Å². The molecule has 0 aromatic rings. The number of nitrogens with two attached hydrogens (primary N) is 1. The number of carbonyl (C=O) groups is 1. The summed E-state index contributed by atoms with van der Waals surface area (Å²) in [6.45, 7) is 0. The summed E-state index contributed by atoms with van der Waals surface area (Å²) >= 11 is 0. The van der Waals surface area contributed by atoms with Crippen molar-refractivity contribution in [1.29, 1.82) is 0 Å². The first-order chi connectivity index (χ1) is 7.63. The summed E-state index contributed by atoms with van der Waals surface area (Å²) in [6.07, 6.45) is 7.63. The molecule has 3 nitrogen and oxygen atoms in total. The molecule has 0 aliphatic heterocycles. The van der Waals surface area contributed by atoms with Crippen LogP contribution in [0.5, 0.6) is 0 Å². The van der Waals surface area contributed by atoms with Gasteiger partial charge in [0.25, 0.3) is 0 Å². The average Bonchev–Trinajstić information content (AvgIpc) is 2.25. The minimum atomic E-state index is -0.383. The fraction of sp³-hybridized carbons (Fsp3) is 0.923. The van der Waals surface area contributed by atoms with Gasteiger partial charge in [-0.3, -0.25) is 4.79 Å². The quantitative estimate of drug-likeness (QED) is 0.773. The molecule has 0 heterocycles. The molecule has 2 N–H and O–H groups in total. The molecule has 4 rings (SSSR count). The van der Waals surface area contributed by atoms with Crippen LogP contribution in [-0.4, -0.2) is 19.1 Å². The third-order valence-corrected chi connectivity index (χ3v) is 5.20. The van der Waals surface area contributed by atoms with E-state index in [0.29, 0.717) is 0 Å². The largest absolute Gasteiger partial charge is 0.468 e. The first-order valence-electron chi connectivity index (χ1n) is 6.46. The van der Waals surface area contributed by atoms with E-state index in [9.17, 15) is 4.79 Å². The normalized spacial score (nSPS) is 44.0. The van der Waals surface area contributed by atoms with E-state index in [4.69, 9.17) is 10.5 Å². The van der Waals surface area contributed by atoms with Gasteiger partial charge in [0.15, 0.2) is 0 Å². The second-order valence-electron chi connectivity index (χ2n) is 6.28. The Labute approximate surface area is 109 Å². The van der Waals surface area contributed by atoms with Crippen molar-refractivity contribution in [1.82, 2.24) is 0 Å². The van der Waals surface area contributed by atoms with Crippen LogP contribution in [-0.2, 0) is 9.53 Å². The highest BCUT2D eigenvalue weighted by Crippen LogP contribution is 2.61. The molecule has 4 bridgehead atoms. The average molecular weight is 260 g/mol. The zero-order valence-electron chi connectivity index (χ0n) is 10.4. The number of hydrogen-bond acceptors (Lipinski definition) is 3. The lowest BCUT2D eigenvalue weighted by atomic mass is 9.48. The number of esters is 1. The Bertz CT molecular complexity index is 283. The summed E-state index contributed by atoms with van der Waals surface area (Å²) in [5.41, 5.74) is 6.24. The predicted octanol–water partition coefficient (Wildman–Crippen LogP) is 2.12. The van der Waals surface area contributed by atoms with Crippen LogP contribution in [0.25, 0.3) is 0 Å². The van der Waals surface area contributed by atoms with E-state index in [1.807, 2.05) is 0 Å². The van der Waals surface area contributed by atoms with E-state index < -0.39 is 0 Å². The highest BCUT2D eigenvalue weighted by Gasteiger charge is 2.55. The molecule has 4 aliphatic rings. The van der Waals surface area contributed by atoms with Crippen LogP contribution >= 0.6 is 12.4 Å². The van der Waals surface area contributed by atoms with Gasteiger partial charge < -0.3 is 10.5 Å². The molecule has 1 atom stereocenters. The summed E-state index contributed by atoms with van der Waals surface area (Å²) in [4.78, 5) is 11.7. The van der Waals surface area contributed by atoms with Crippen molar-refractivity contribution in [2.75, 3.05) is 7.11 Å². The van der Waals surface area contributed by atoms with E-state index >= 15 is 0 Å². The molecule has 4 heteroatoms. The Morgan fingerprint density at radius 3 is 1.94 bits per heavy atom. The Morgan fingerprint density at radius 1 is 1.18 bits per heavy atom. The number of rotatable bonds is 2. The highest BCUT2D eigenvalue weighted by atomic mass is 35.5. The van der Waals surface area contributed by atoms with E-state index in [0.717, 1.165) is 37.0 Å². The first-order valence-corrected chi connectivity index (χ1v) is 6.46. The van der Waals surface area contributed by atoms with E-state index in [1.54, 1.807) is 0 Å². The van der Waals surface area contributed by atoms with Crippen LogP contribution in [0, 0.1) is 23.2 Å². The molecule has 0 radical (unpaired) electrons. The van der Waals surface area contributed by atoms with Gasteiger partial charge in [-0.1, -0.05) is 0 Å². The lowest BCUT2D eigenvalue weighted by Crippen LogP contribution is -2.57. The highest BCUT2D eigenvalue weighted by molar-refractivity contribution is 5.85. The first kappa shape index (κ1) is 13.2. The molecule has 17 heavy (non-hydrogen) atoms. The van der Waals surface area contributed by atoms with Crippen molar-refractivity contribution in [3.8, 4) is 0 Å². The van der Waals surface area contributed by atoms with Crippen molar-refractivity contribution < 1.29 is 9.53 Å². The zero-order chi connectivity index (χ0) is 11.3. The number of carbonyl (C=O) groups excluding carboxylic acids is 1. The van der Waals surface area contributed by atoms with Crippen molar-refractivity contribution >= 4 is 18.4 Å². The van der Waals surface area contributed by atoms with Gasteiger partial charge in [0.1, 0.15) is 6.04 Å². The maximum absolute atomic E-state index is 11.7. The lowest BCUT2D eigenvalue weighted by Gasteiger charge is -2.58. The van der Waals surface area contributed by atoms with Gasteiger partial charge in [-0.05, 0) is 61.7 Å². The fourth-order valence-electron chi connectivity index (χ4n) is 4.94. The number of hydrogen-bond donors (Lipinski definition) is 1. The monoisotopic (exact) mass is 259 g/mol. The molecule has 0 aromatic heterocycles. The van der Waals surface area contributed by atoms with Gasteiger partial charge in [-0.25, -0.2) is 0 Å². The second kappa shape index (κ2) is 4.43. The summed E-state index contributed by atoms with van der Waals surface area (Å²) in [5, 5.41) is 0. The molecule has 0 spiro atoms. The maximum atomic E-state index is 11.7. The Hall–Kier alpha value is -0.280. The van der Waals surface area contributed by atoms with Crippen LogP contribution in [0.4, 0.5) is 0 Å². The third kappa shape index (κ3) is 1.97.